The summed E-state index contributed by atoms with van der Waals surface area (Å²) in [6.07, 6.45) is 5.36. The van der Waals surface area contributed by atoms with Gasteiger partial charge in [-0.25, -0.2) is 4.79 Å². The zero-order valence-electron chi connectivity index (χ0n) is 13.9. The molecule has 0 aliphatic heterocycles. The van der Waals surface area contributed by atoms with Crippen molar-refractivity contribution in [3.05, 3.63) is 0 Å². The molecule has 0 heterocycles. The van der Waals surface area contributed by atoms with Gasteiger partial charge in [0.2, 0.25) is 0 Å². The van der Waals surface area contributed by atoms with Gasteiger partial charge >= 0.3 is 12.0 Å². The first-order valence-electron chi connectivity index (χ1n) is 8.11. The van der Waals surface area contributed by atoms with Crippen LogP contribution in [0.3, 0.4) is 0 Å². The third kappa shape index (κ3) is 12.2. The maximum atomic E-state index is 11.8. The second-order valence-corrected chi connectivity index (χ2v) is 6.34. The van der Waals surface area contributed by atoms with Crippen LogP contribution >= 0.6 is 0 Å². The summed E-state index contributed by atoms with van der Waals surface area (Å²) < 4.78 is 0. The van der Waals surface area contributed by atoms with Crippen LogP contribution in [-0.2, 0) is 4.79 Å². The van der Waals surface area contributed by atoms with Crippen molar-refractivity contribution >= 4 is 12.0 Å². The Morgan fingerprint density at radius 1 is 1.14 bits per heavy atom. The van der Waals surface area contributed by atoms with Gasteiger partial charge in [-0.15, -0.1) is 0 Å². The number of rotatable bonds is 11. The van der Waals surface area contributed by atoms with Gasteiger partial charge in [-0.1, -0.05) is 40.0 Å². The predicted octanol–water partition coefficient (Wildman–Crippen LogP) is 3.39. The predicted molar refractivity (Wildman–Crippen MR) is 85.3 cm³/mol. The largest absolute Gasteiger partial charge is 0.481 e. The van der Waals surface area contributed by atoms with E-state index in [0.29, 0.717) is 12.5 Å². The summed E-state index contributed by atoms with van der Waals surface area (Å²) in [5.41, 5.74) is 0. The molecule has 5 nitrogen and oxygen atoms in total. The first-order valence-corrected chi connectivity index (χ1v) is 8.11. The summed E-state index contributed by atoms with van der Waals surface area (Å²) in [6, 6.07) is -0.0438. The Hall–Kier alpha value is -1.26. The molecule has 0 saturated carbocycles. The molecule has 0 aliphatic rings. The van der Waals surface area contributed by atoms with E-state index in [2.05, 4.69) is 31.4 Å². The van der Waals surface area contributed by atoms with Gasteiger partial charge in [0.05, 0.1) is 0 Å². The highest BCUT2D eigenvalue weighted by molar-refractivity contribution is 5.74. The average molecular weight is 300 g/mol. The molecule has 0 aromatic rings. The highest BCUT2D eigenvalue weighted by Gasteiger charge is 2.16. The van der Waals surface area contributed by atoms with Crippen LogP contribution in [0.15, 0.2) is 0 Å². The minimum absolute atomic E-state index is 0.0105. The van der Waals surface area contributed by atoms with Gasteiger partial charge in [0.1, 0.15) is 0 Å². The number of urea groups is 1. The first kappa shape index (κ1) is 19.7. The summed E-state index contributed by atoms with van der Waals surface area (Å²) in [7, 11) is 0. The molecule has 0 radical (unpaired) electrons. The summed E-state index contributed by atoms with van der Waals surface area (Å²) >= 11 is 0. The second-order valence-electron chi connectivity index (χ2n) is 6.34. The van der Waals surface area contributed by atoms with E-state index in [-0.39, 0.29) is 24.4 Å². The summed E-state index contributed by atoms with van der Waals surface area (Å²) in [6.45, 7) is 8.69. The summed E-state index contributed by atoms with van der Waals surface area (Å²) in [5, 5.41) is 14.6. The molecule has 2 amide bonds. The van der Waals surface area contributed by atoms with Crippen LogP contribution in [0.2, 0.25) is 0 Å². The zero-order valence-corrected chi connectivity index (χ0v) is 13.9. The number of carboxylic acid groups (broad SMARTS) is 1. The average Bonchev–Trinajstić information content (AvgIpc) is 2.35. The Morgan fingerprint density at radius 2 is 1.81 bits per heavy atom. The monoisotopic (exact) mass is 300 g/mol. The van der Waals surface area contributed by atoms with Crippen molar-refractivity contribution < 1.29 is 14.7 Å². The van der Waals surface area contributed by atoms with E-state index >= 15 is 0 Å². The number of hydrogen-bond acceptors (Lipinski definition) is 2. The van der Waals surface area contributed by atoms with Gasteiger partial charge in [-0.05, 0) is 31.6 Å². The lowest BCUT2D eigenvalue weighted by Gasteiger charge is -2.19. The molecule has 0 bridgehead atoms. The number of carbonyl (C=O) groups is 2. The number of hydrogen-bond donors (Lipinski definition) is 3. The van der Waals surface area contributed by atoms with Crippen LogP contribution in [-0.4, -0.2) is 29.7 Å². The first-order chi connectivity index (χ1) is 9.85. The molecule has 2 atom stereocenters. The standard InChI is InChI=1S/C16H32N2O3/c1-5-6-7-8-13(4)18-16(21)17-11-14(9-12(2)3)10-15(19)20/h12-14H,5-11H2,1-4H3,(H,19,20)(H2,17,18,21). The number of nitrogens with one attached hydrogen (secondary N) is 2. The molecule has 0 rings (SSSR count). The van der Waals surface area contributed by atoms with Crippen LogP contribution in [0.5, 0.6) is 0 Å². The second kappa shape index (κ2) is 11.4. The lowest BCUT2D eigenvalue weighted by Crippen LogP contribution is -2.42. The van der Waals surface area contributed by atoms with Crippen molar-refractivity contribution in [1.82, 2.24) is 10.6 Å². The fourth-order valence-electron chi connectivity index (χ4n) is 2.44. The third-order valence-electron chi connectivity index (χ3n) is 3.44. The molecule has 2 unspecified atom stereocenters. The Labute approximate surface area is 128 Å². The van der Waals surface area contributed by atoms with Gasteiger partial charge in [0.15, 0.2) is 0 Å². The molecule has 0 spiro atoms. The number of aliphatic carboxylic acids is 1. The van der Waals surface area contributed by atoms with Crippen molar-refractivity contribution in [2.24, 2.45) is 11.8 Å². The van der Waals surface area contributed by atoms with Crippen LogP contribution in [0.4, 0.5) is 4.79 Å². The Kier molecular flexibility index (Phi) is 10.7. The summed E-state index contributed by atoms with van der Waals surface area (Å²) in [4.78, 5) is 22.6. The van der Waals surface area contributed by atoms with Crippen molar-refractivity contribution in [2.45, 2.75) is 72.3 Å². The maximum absolute atomic E-state index is 11.8. The van der Waals surface area contributed by atoms with Gasteiger partial charge in [0, 0.05) is 19.0 Å². The van der Waals surface area contributed by atoms with Crippen molar-refractivity contribution in [1.29, 1.82) is 0 Å². The van der Waals surface area contributed by atoms with E-state index in [1.807, 2.05) is 6.92 Å². The number of carboxylic acids is 1. The molecular weight excluding hydrogens is 268 g/mol. The normalized spacial score (nSPS) is 13.8. The molecular formula is C16H32N2O3. The summed E-state index contributed by atoms with van der Waals surface area (Å²) in [5.74, 6) is -0.397. The van der Waals surface area contributed by atoms with Crippen molar-refractivity contribution in [3.8, 4) is 0 Å². The SMILES string of the molecule is CCCCCC(C)NC(=O)NCC(CC(=O)O)CC(C)C. The van der Waals surface area contributed by atoms with Crippen LogP contribution in [0.1, 0.15) is 66.2 Å². The highest BCUT2D eigenvalue weighted by Crippen LogP contribution is 2.14. The quantitative estimate of drug-likeness (QED) is 0.512. The molecule has 0 aromatic heterocycles. The topological polar surface area (TPSA) is 78.4 Å². The Morgan fingerprint density at radius 3 is 2.33 bits per heavy atom. The van der Waals surface area contributed by atoms with Gasteiger partial charge < -0.3 is 15.7 Å². The lowest BCUT2D eigenvalue weighted by molar-refractivity contribution is -0.138. The maximum Gasteiger partial charge on any atom is 0.315 e. The van der Waals surface area contributed by atoms with Crippen LogP contribution < -0.4 is 10.6 Å². The van der Waals surface area contributed by atoms with Crippen LogP contribution in [0.25, 0.3) is 0 Å². The molecule has 5 heteroatoms. The number of unbranched alkanes of at least 4 members (excludes halogenated alkanes) is 2. The molecule has 0 saturated heterocycles. The van der Waals surface area contributed by atoms with E-state index in [0.717, 1.165) is 19.3 Å². The highest BCUT2D eigenvalue weighted by atomic mass is 16.4. The lowest BCUT2D eigenvalue weighted by atomic mass is 9.94. The minimum atomic E-state index is -0.809. The molecule has 0 fully saturated rings. The van der Waals surface area contributed by atoms with Gasteiger partial charge in [-0.2, -0.15) is 0 Å². The minimum Gasteiger partial charge on any atom is -0.481 e. The van der Waals surface area contributed by atoms with Gasteiger partial charge in [0.25, 0.3) is 0 Å². The number of amides is 2. The Balaban J connectivity index is 4.02. The molecule has 3 N–H and O–H groups in total. The van der Waals surface area contributed by atoms with E-state index in [1.165, 1.54) is 12.8 Å². The molecule has 0 aliphatic carbocycles. The van der Waals surface area contributed by atoms with Crippen molar-refractivity contribution in [2.75, 3.05) is 6.54 Å². The smallest absolute Gasteiger partial charge is 0.315 e. The fourth-order valence-corrected chi connectivity index (χ4v) is 2.44. The van der Waals surface area contributed by atoms with Crippen molar-refractivity contribution in [3.63, 3.8) is 0 Å². The Bertz CT molecular complexity index is 306. The molecule has 124 valence electrons. The third-order valence-corrected chi connectivity index (χ3v) is 3.44. The van der Waals surface area contributed by atoms with Gasteiger partial charge in [-0.3, -0.25) is 4.79 Å². The molecule has 0 aromatic carbocycles. The van der Waals surface area contributed by atoms with E-state index in [1.54, 1.807) is 0 Å². The van der Waals surface area contributed by atoms with Crippen LogP contribution in [0, 0.1) is 11.8 Å². The fraction of sp³-hybridized carbons (Fsp3) is 0.875. The van der Waals surface area contributed by atoms with E-state index in [4.69, 9.17) is 5.11 Å². The molecule has 21 heavy (non-hydrogen) atoms. The van der Waals surface area contributed by atoms with E-state index < -0.39 is 5.97 Å². The van der Waals surface area contributed by atoms with E-state index in [9.17, 15) is 9.59 Å². The number of carbonyl (C=O) groups excluding carboxylic acids is 1. The zero-order chi connectivity index (χ0) is 16.3.